The second-order valence-electron chi connectivity index (χ2n) is 7.49. The van der Waals surface area contributed by atoms with Gasteiger partial charge in [-0.05, 0) is 31.6 Å². The first-order chi connectivity index (χ1) is 13.6. The van der Waals surface area contributed by atoms with E-state index in [4.69, 9.17) is 4.42 Å². The number of methoxy groups -OCH3 is 1. The number of amides is 2. The van der Waals surface area contributed by atoms with Crippen molar-refractivity contribution in [1.29, 1.82) is 0 Å². The van der Waals surface area contributed by atoms with Crippen LogP contribution < -0.4 is 10.6 Å². The zero-order valence-corrected chi connectivity index (χ0v) is 16.2. The van der Waals surface area contributed by atoms with Crippen LogP contribution in [-0.2, 0) is 14.3 Å². The van der Waals surface area contributed by atoms with Crippen LogP contribution in [-0.4, -0.2) is 66.5 Å². The van der Waals surface area contributed by atoms with Gasteiger partial charge in [0.25, 0.3) is 5.91 Å². The van der Waals surface area contributed by atoms with Gasteiger partial charge in [-0.2, -0.15) is 0 Å². The zero-order valence-electron chi connectivity index (χ0n) is 16.2. The van der Waals surface area contributed by atoms with Crippen molar-refractivity contribution in [2.24, 2.45) is 5.92 Å². The number of rotatable bonds is 10. The minimum absolute atomic E-state index is 0.0537. The summed E-state index contributed by atoms with van der Waals surface area (Å²) in [6.45, 7) is 1.78. The highest BCUT2D eigenvalue weighted by atomic mass is 16.5. The highest BCUT2D eigenvalue weighted by molar-refractivity contribution is 5.91. The summed E-state index contributed by atoms with van der Waals surface area (Å²) < 4.78 is 9.43. The molecule has 0 bridgehead atoms. The SMILES string of the molecule is COC(=O)CCNC(=O)C[C@H]1CC[C@@H](CNC(=O)c2cocn2)N1CC1CC1. The number of oxazole rings is 1. The van der Waals surface area contributed by atoms with Crippen molar-refractivity contribution in [3.05, 3.63) is 18.4 Å². The van der Waals surface area contributed by atoms with Crippen LogP contribution in [0.4, 0.5) is 0 Å². The molecule has 2 fully saturated rings. The lowest BCUT2D eigenvalue weighted by atomic mass is 10.1. The molecule has 1 aliphatic heterocycles. The van der Waals surface area contributed by atoms with Crippen LogP contribution in [0.5, 0.6) is 0 Å². The zero-order chi connectivity index (χ0) is 19.9. The Bertz CT molecular complexity index is 674. The highest BCUT2D eigenvalue weighted by Crippen LogP contribution is 2.35. The fourth-order valence-electron chi connectivity index (χ4n) is 3.67. The molecule has 3 rings (SSSR count). The Labute approximate surface area is 164 Å². The Kier molecular flexibility index (Phi) is 7.02. The molecule has 2 heterocycles. The van der Waals surface area contributed by atoms with Gasteiger partial charge in [0.15, 0.2) is 12.1 Å². The average Bonchev–Trinajstić information content (AvgIpc) is 3.18. The standard InChI is InChI=1S/C19H28N4O5/c1-27-18(25)6-7-20-17(24)8-14-4-5-15(23(14)10-13-2-3-13)9-21-19(26)16-11-28-12-22-16/h11-15H,2-10H2,1H3,(H,20,24)(H,21,26)/t14-,15+/m1/s1. The lowest BCUT2D eigenvalue weighted by molar-refractivity contribution is -0.140. The molecule has 2 atom stereocenters. The van der Waals surface area contributed by atoms with Gasteiger partial charge in [0.2, 0.25) is 5.91 Å². The third kappa shape index (κ3) is 5.79. The molecule has 0 unspecified atom stereocenters. The second-order valence-corrected chi connectivity index (χ2v) is 7.49. The van der Waals surface area contributed by atoms with E-state index in [1.54, 1.807) is 0 Å². The fourth-order valence-corrected chi connectivity index (χ4v) is 3.67. The maximum atomic E-state index is 12.3. The van der Waals surface area contributed by atoms with Crippen LogP contribution in [0, 0.1) is 5.92 Å². The molecule has 154 valence electrons. The normalized spacial score (nSPS) is 22.0. The number of nitrogens with one attached hydrogen (secondary N) is 2. The first kappa shape index (κ1) is 20.3. The van der Waals surface area contributed by atoms with Crippen LogP contribution in [0.1, 0.15) is 49.0 Å². The van der Waals surface area contributed by atoms with E-state index in [-0.39, 0.29) is 48.5 Å². The molecule has 0 aromatic carbocycles. The lowest BCUT2D eigenvalue weighted by Gasteiger charge is -2.30. The highest BCUT2D eigenvalue weighted by Gasteiger charge is 2.38. The van der Waals surface area contributed by atoms with E-state index < -0.39 is 0 Å². The molecule has 1 saturated carbocycles. The lowest BCUT2D eigenvalue weighted by Crippen LogP contribution is -2.45. The van der Waals surface area contributed by atoms with E-state index in [0.29, 0.717) is 18.9 Å². The summed E-state index contributed by atoms with van der Waals surface area (Å²) in [5.74, 6) is 0.0577. The number of esters is 1. The topological polar surface area (TPSA) is 114 Å². The molecule has 1 saturated heterocycles. The molecule has 2 aliphatic rings. The second kappa shape index (κ2) is 9.68. The third-order valence-electron chi connectivity index (χ3n) is 5.40. The van der Waals surface area contributed by atoms with E-state index in [0.717, 1.165) is 19.4 Å². The van der Waals surface area contributed by atoms with Crippen molar-refractivity contribution < 1.29 is 23.5 Å². The Morgan fingerprint density at radius 1 is 1.21 bits per heavy atom. The van der Waals surface area contributed by atoms with Crippen molar-refractivity contribution in [2.45, 2.75) is 50.6 Å². The minimum Gasteiger partial charge on any atom is -0.469 e. The van der Waals surface area contributed by atoms with E-state index in [1.807, 2.05) is 0 Å². The molecule has 2 N–H and O–H groups in total. The molecule has 1 aliphatic carbocycles. The number of hydrogen-bond donors (Lipinski definition) is 2. The third-order valence-corrected chi connectivity index (χ3v) is 5.40. The molecule has 0 radical (unpaired) electrons. The van der Waals surface area contributed by atoms with E-state index in [9.17, 15) is 14.4 Å². The molecular formula is C19H28N4O5. The Morgan fingerprint density at radius 2 is 2.00 bits per heavy atom. The van der Waals surface area contributed by atoms with Gasteiger partial charge < -0.3 is 19.8 Å². The van der Waals surface area contributed by atoms with Gasteiger partial charge in [0.1, 0.15) is 6.26 Å². The largest absolute Gasteiger partial charge is 0.469 e. The molecule has 2 amide bonds. The maximum Gasteiger partial charge on any atom is 0.307 e. The van der Waals surface area contributed by atoms with Crippen molar-refractivity contribution >= 4 is 17.8 Å². The first-order valence-corrected chi connectivity index (χ1v) is 9.82. The van der Waals surface area contributed by atoms with Gasteiger partial charge in [-0.15, -0.1) is 0 Å². The van der Waals surface area contributed by atoms with Crippen LogP contribution in [0.2, 0.25) is 0 Å². The predicted octanol–water partition coefficient (Wildman–Crippen LogP) is 0.717. The van der Waals surface area contributed by atoms with Crippen LogP contribution in [0.25, 0.3) is 0 Å². The van der Waals surface area contributed by atoms with Gasteiger partial charge in [-0.25, -0.2) is 4.98 Å². The van der Waals surface area contributed by atoms with E-state index in [1.165, 1.54) is 32.6 Å². The van der Waals surface area contributed by atoms with Crippen molar-refractivity contribution in [3.63, 3.8) is 0 Å². The molecule has 28 heavy (non-hydrogen) atoms. The van der Waals surface area contributed by atoms with E-state index in [2.05, 4.69) is 25.3 Å². The Morgan fingerprint density at radius 3 is 2.68 bits per heavy atom. The van der Waals surface area contributed by atoms with Crippen LogP contribution in [0.3, 0.4) is 0 Å². The predicted molar refractivity (Wildman–Crippen MR) is 99.3 cm³/mol. The average molecular weight is 392 g/mol. The Balaban J connectivity index is 1.48. The summed E-state index contributed by atoms with van der Waals surface area (Å²) >= 11 is 0. The summed E-state index contributed by atoms with van der Waals surface area (Å²) in [4.78, 5) is 41.8. The summed E-state index contributed by atoms with van der Waals surface area (Å²) in [5, 5.41) is 5.72. The molecule has 1 aromatic heterocycles. The van der Waals surface area contributed by atoms with Gasteiger partial charge in [-0.3, -0.25) is 19.3 Å². The fraction of sp³-hybridized carbons (Fsp3) is 0.684. The quantitative estimate of drug-likeness (QED) is 0.564. The van der Waals surface area contributed by atoms with E-state index >= 15 is 0 Å². The number of hydrogen-bond acceptors (Lipinski definition) is 7. The van der Waals surface area contributed by atoms with Gasteiger partial charge >= 0.3 is 5.97 Å². The van der Waals surface area contributed by atoms with Gasteiger partial charge in [0, 0.05) is 38.1 Å². The number of aromatic nitrogens is 1. The molecule has 9 heteroatoms. The summed E-state index contributed by atoms with van der Waals surface area (Å²) in [6, 6.07) is 0.372. The number of likely N-dealkylation sites (tertiary alicyclic amines) is 1. The maximum absolute atomic E-state index is 12.3. The monoisotopic (exact) mass is 392 g/mol. The van der Waals surface area contributed by atoms with Gasteiger partial charge in [0.05, 0.1) is 13.5 Å². The first-order valence-electron chi connectivity index (χ1n) is 9.82. The van der Waals surface area contributed by atoms with Crippen molar-refractivity contribution in [3.8, 4) is 0 Å². The van der Waals surface area contributed by atoms with Crippen molar-refractivity contribution in [2.75, 3.05) is 26.7 Å². The summed E-state index contributed by atoms with van der Waals surface area (Å²) in [6.07, 6.45) is 7.45. The van der Waals surface area contributed by atoms with Gasteiger partial charge in [-0.1, -0.05) is 0 Å². The number of nitrogens with zero attached hydrogens (tertiary/aromatic N) is 2. The number of carbonyl (C=O) groups is 3. The number of ether oxygens (including phenoxy) is 1. The molecular weight excluding hydrogens is 364 g/mol. The van der Waals surface area contributed by atoms with Crippen molar-refractivity contribution in [1.82, 2.24) is 20.5 Å². The molecule has 0 spiro atoms. The summed E-state index contributed by atoms with van der Waals surface area (Å²) in [5.41, 5.74) is 0.272. The molecule has 1 aromatic rings. The Hall–Kier alpha value is -2.42. The van der Waals surface area contributed by atoms with Crippen LogP contribution in [0.15, 0.2) is 17.1 Å². The minimum atomic E-state index is -0.334. The van der Waals surface area contributed by atoms with Crippen LogP contribution >= 0.6 is 0 Å². The smallest absolute Gasteiger partial charge is 0.307 e. The summed E-state index contributed by atoms with van der Waals surface area (Å²) in [7, 11) is 1.33. The molecule has 9 nitrogen and oxygen atoms in total. The number of carbonyl (C=O) groups excluding carboxylic acids is 3.